The van der Waals surface area contributed by atoms with E-state index in [1.165, 1.54) is 11.3 Å². The molecule has 110 valence electrons. The Kier molecular flexibility index (Phi) is 7.29. The molecule has 0 bridgehead atoms. The first-order chi connectivity index (χ1) is 7.98. The highest BCUT2D eigenvalue weighted by Crippen LogP contribution is 2.27. The molecule has 1 aliphatic heterocycles. The average molecular weight is 326 g/mol. The summed E-state index contributed by atoms with van der Waals surface area (Å²) in [5.74, 6) is 0.0196. The molecule has 2 rings (SSSR count). The van der Waals surface area contributed by atoms with Gasteiger partial charge in [-0.3, -0.25) is 4.79 Å². The second-order valence-electron chi connectivity index (χ2n) is 5.44. The van der Waals surface area contributed by atoms with Crippen molar-refractivity contribution >= 4 is 42.1 Å². The SMILES string of the molecule is CC(C)(C)c1ncsc1C(=O)NC1CCNC1.Cl.Cl. The van der Waals surface area contributed by atoms with Gasteiger partial charge in [0.25, 0.3) is 5.91 Å². The number of carbonyl (C=O) groups excluding carboxylic acids is 1. The topological polar surface area (TPSA) is 54.0 Å². The lowest BCUT2D eigenvalue weighted by Crippen LogP contribution is -2.36. The summed E-state index contributed by atoms with van der Waals surface area (Å²) < 4.78 is 0. The summed E-state index contributed by atoms with van der Waals surface area (Å²) in [5, 5.41) is 6.30. The summed E-state index contributed by atoms with van der Waals surface area (Å²) in [5.41, 5.74) is 2.56. The Balaban J connectivity index is 0.00000162. The minimum Gasteiger partial charge on any atom is -0.347 e. The Hall–Kier alpha value is -0.360. The molecule has 7 heteroatoms. The van der Waals surface area contributed by atoms with Gasteiger partial charge in [0, 0.05) is 18.0 Å². The van der Waals surface area contributed by atoms with Crippen molar-refractivity contribution in [2.24, 2.45) is 0 Å². The number of hydrogen-bond donors (Lipinski definition) is 2. The monoisotopic (exact) mass is 325 g/mol. The Bertz CT molecular complexity index is 411. The van der Waals surface area contributed by atoms with E-state index in [4.69, 9.17) is 0 Å². The number of thiazole rings is 1. The molecule has 0 radical (unpaired) electrons. The van der Waals surface area contributed by atoms with E-state index >= 15 is 0 Å². The van der Waals surface area contributed by atoms with E-state index in [-0.39, 0.29) is 42.2 Å². The van der Waals surface area contributed by atoms with E-state index in [9.17, 15) is 4.79 Å². The maximum absolute atomic E-state index is 12.2. The first-order valence-corrected chi connectivity index (χ1v) is 6.82. The van der Waals surface area contributed by atoms with Crippen LogP contribution in [0.5, 0.6) is 0 Å². The van der Waals surface area contributed by atoms with Crippen molar-refractivity contribution in [1.82, 2.24) is 15.6 Å². The van der Waals surface area contributed by atoms with Gasteiger partial charge in [-0.2, -0.15) is 0 Å². The quantitative estimate of drug-likeness (QED) is 0.877. The molecule has 0 spiro atoms. The average Bonchev–Trinajstić information content (AvgIpc) is 2.85. The van der Waals surface area contributed by atoms with Crippen LogP contribution in [0.3, 0.4) is 0 Å². The molecule has 1 fully saturated rings. The number of nitrogens with zero attached hydrogens (tertiary/aromatic N) is 1. The molecular weight excluding hydrogens is 305 g/mol. The van der Waals surface area contributed by atoms with Gasteiger partial charge in [0.1, 0.15) is 4.88 Å². The van der Waals surface area contributed by atoms with Crippen LogP contribution in [0.1, 0.15) is 42.6 Å². The Labute approximate surface area is 130 Å². The molecule has 1 unspecified atom stereocenters. The van der Waals surface area contributed by atoms with Gasteiger partial charge >= 0.3 is 0 Å². The van der Waals surface area contributed by atoms with Crippen molar-refractivity contribution in [2.75, 3.05) is 13.1 Å². The number of carbonyl (C=O) groups is 1. The maximum atomic E-state index is 12.2. The number of hydrogen-bond acceptors (Lipinski definition) is 4. The predicted octanol–water partition coefficient (Wildman–Crippen LogP) is 2.38. The molecule has 2 N–H and O–H groups in total. The van der Waals surface area contributed by atoms with Crippen molar-refractivity contribution in [3.05, 3.63) is 16.1 Å². The molecule has 1 atom stereocenters. The first-order valence-electron chi connectivity index (χ1n) is 5.94. The standard InChI is InChI=1S/C12H19N3OS.2ClH/c1-12(2,3)10-9(17-7-14-10)11(16)15-8-4-5-13-6-8;;/h7-8,13H,4-6H2,1-3H3,(H,15,16);2*1H. The zero-order chi connectivity index (χ0) is 12.5. The van der Waals surface area contributed by atoms with Crippen LogP contribution < -0.4 is 10.6 Å². The van der Waals surface area contributed by atoms with Gasteiger partial charge in [0.2, 0.25) is 0 Å². The van der Waals surface area contributed by atoms with Crippen LogP contribution in [0, 0.1) is 0 Å². The van der Waals surface area contributed by atoms with Gasteiger partial charge in [0.15, 0.2) is 0 Å². The molecule has 1 saturated heterocycles. The van der Waals surface area contributed by atoms with Crippen LogP contribution in [0.4, 0.5) is 0 Å². The fourth-order valence-corrected chi connectivity index (χ4v) is 2.87. The van der Waals surface area contributed by atoms with Crippen molar-refractivity contribution in [2.45, 2.75) is 38.6 Å². The third-order valence-electron chi connectivity index (χ3n) is 2.88. The lowest BCUT2D eigenvalue weighted by atomic mass is 9.91. The summed E-state index contributed by atoms with van der Waals surface area (Å²) in [6.07, 6.45) is 1.01. The Morgan fingerprint density at radius 3 is 2.68 bits per heavy atom. The van der Waals surface area contributed by atoms with Gasteiger partial charge in [-0.05, 0) is 13.0 Å². The minimum atomic E-state index is -0.0827. The molecule has 19 heavy (non-hydrogen) atoms. The largest absolute Gasteiger partial charge is 0.347 e. The van der Waals surface area contributed by atoms with E-state index in [1.807, 2.05) is 0 Å². The number of aromatic nitrogens is 1. The lowest BCUT2D eigenvalue weighted by molar-refractivity contribution is 0.0942. The van der Waals surface area contributed by atoms with Gasteiger partial charge in [-0.15, -0.1) is 36.2 Å². The van der Waals surface area contributed by atoms with E-state index < -0.39 is 0 Å². The highest BCUT2D eigenvalue weighted by Gasteiger charge is 2.26. The molecule has 2 heterocycles. The van der Waals surface area contributed by atoms with E-state index in [0.717, 1.165) is 30.1 Å². The van der Waals surface area contributed by atoms with Crippen LogP contribution in [-0.2, 0) is 5.41 Å². The maximum Gasteiger partial charge on any atom is 0.263 e. The number of rotatable bonds is 2. The van der Waals surface area contributed by atoms with Crippen molar-refractivity contribution in [3.8, 4) is 0 Å². The second kappa shape index (κ2) is 7.43. The molecule has 0 aliphatic carbocycles. The summed E-state index contributed by atoms with van der Waals surface area (Å²) in [6.45, 7) is 8.09. The predicted molar refractivity (Wildman–Crippen MR) is 84.1 cm³/mol. The van der Waals surface area contributed by atoms with E-state index in [1.54, 1.807) is 5.51 Å². The van der Waals surface area contributed by atoms with Crippen LogP contribution in [-0.4, -0.2) is 30.0 Å². The summed E-state index contributed by atoms with van der Waals surface area (Å²) >= 11 is 1.42. The van der Waals surface area contributed by atoms with Crippen LogP contribution in [0.15, 0.2) is 5.51 Å². The molecule has 4 nitrogen and oxygen atoms in total. The van der Waals surface area contributed by atoms with Crippen molar-refractivity contribution < 1.29 is 4.79 Å². The Morgan fingerprint density at radius 1 is 1.47 bits per heavy atom. The minimum absolute atomic E-state index is 0. The normalized spacial score (nSPS) is 18.4. The van der Waals surface area contributed by atoms with Gasteiger partial charge in [-0.1, -0.05) is 20.8 Å². The third-order valence-corrected chi connectivity index (χ3v) is 3.70. The van der Waals surface area contributed by atoms with E-state index in [2.05, 4.69) is 36.4 Å². The van der Waals surface area contributed by atoms with E-state index in [0.29, 0.717) is 0 Å². The van der Waals surface area contributed by atoms with Gasteiger partial charge in [-0.25, -0.2) is 4.98 Å². The van der Waals surface area contributed by atoms with Gasteiger partial charge < -0.3 is 10.6 Å². The van der Waals surface area contributed by atoms with Crippen molar-refractivity contribution in [1.29, 1.82) is 0 Å². The molecule has 0 aromatic carbocycles. The fraction of sp³-hybridized carbons (Fsp3) is 0.667. The smallest absolute Gasteiger partial charge is 0.263 e. The second-order valence-corrected chi connectivity index (χ2v) is 6.30. The molecule has 0 saturated carbocycles. The summed E-state index contributed by atoms with van der Waals surface area (Å²) in [6, 6.07) is 0.261. The fourth-order valence-electron chi connectivity index (χ4n) is 1.97. The molecule has 1 aromatic heterocycles. The number of amides is 1. The zero-order valence-corrected chi connectivity index (χ0v) is 13.8. The Morgan fingerprint density at radius 2 is 2.16 bits per heavy atom. The molecular formula is C12H21Cl2N3OS. The molecule has 1 amide bonds. The molecule has 1 aliphatic rings. The highest BCUT2D eigenvalue weighted by molar-refractivity contribution is 7.11. The highest BCUT2D eigenvalue weighted by atomic mass is 35.5. The first kappa shape index (κ1) is 18.6. The van der Waals surface area contributed by atoms with Crippen molar-refractivity contribution in [3.63, 3.8) is 0 Å². The van der Waals surface area contributed by atoms with Gasteiger partial charge in [0.05, 0.1) is 11.2 Å². The zero-order valence-electron chi connectivity index (χ0n) is 11.4. The van der Waals surface area contributed by atoms with Crippen LogP contribution in [0.2, 0.25) is 0 Å². The molecule has 1 aromatic rings. The lowest BCUT2D eigenvalue weighted by Gasteiger charge is -2.18. The summed E-state index contributed by atoms with van der Waals surface area (Å²) in [7, 11) is 0. The van der Waals surface area contributed by atoms with Crippen LogP contribution >= 0.6 is 36.2 Å². The van der Waals surface area contributed by atoms with Crippen LogP contribution in [0.25, 0.3) is 0 Å². The number of halogens is 2. The summed E-state index contributed by atoms with van der Waals surface area (Å²) in [4.78, 5) is 17.2. The third kappa shape index (κ3) is 4.60. The number of nitrogens with one attached hydrogen (secondary N) is 2.